The first-order valence-corrected chi connectivity index (χ1v) is 7.47. The summed E-state index contributed by atoms with van der Waals surface area (Å²) < 4.78 is 10.7. The van der Waals surface area contributed by atoms with Crippen LogP contribution in [-0.4, -0.2) is 17.6 Å². The molecule has 0 saturated heterocycles. The maximum Gasteiger partial charge on any atom is 0.344 e. The van der Waals surface area contributed by atoms with E-state index in [1.807, 2.05) is 36.4 Å². The molecule has 1 heterocycles. The minimum Gasteiger partial charge on any atom is -0.480 e. The molecule has 0 N–H and O–H groups in total. The van der Waals surface area contributed by atoms with Crippen LogP contribution in [0, 0.1) is 0 Å². The first kappa shape index (κ1) is 15.3. The van der Waals surface area contributed by atoms with Crippen molar-refractivity contribution in [2.75, 3.05) is 6.61 Å². The fourth-order valence-electron chi connectivity index (χ4n) is 2.14. The smallest absolute Gasteiger partial charge is 0.344 e. The predicted molar refractivity (Wildman–Crippen MR) is 88.5 cm³/mol. The van der Waals surface area contributed by atoms with Crippen LogP contribution in [0.25, 0.3) is 10.9 Å². The molecule has 3 aromatic rings. The highest BCUT2D eigenvalue weighted by Gasteiger charge is 2.10. The number of aromatic nitrogens is 1. The van der Waals surface area contributed by atoms with Gasteiger partial charge in [-0.15, -0.1) is 0 Å². The summed E-state index contributed by atoms with van der Waals surface area (Å²) in [4.78, 5) is 16.1. The van der Waals surface area contributed by atoms with Crippen LogP contribution in [0.4, 0.5) is 0 Å². The summed E-state index contributed by atoms with van der Waals surface area (Å²) in [6.07, 6.45) is 1.65. The van der Waals surface area contributed by atoms with Crippen LogP contribution in [-0.2, 0) is 16.1 Å². The molecule has 0 saturated carbocycles. The second-order valence-electron chi connectivity index (χ2n) is 4.88. The molecule has 0 aliphatic rings. The molecule has 3 rings (SSSR count). The molecule has 0 atom stereocenters. The highest BCUT2D eigenvalue weighted by atomic mass is 35.5. The third-order valence-corrected chi connectivity index (χ3v) is 3.60. The van der Waals surface area contributed by atoms with Crippen LogP contribution in [0.2, 0.25) is 5.02 Å². The summed E-state index contributed by atoms with van der Waals surface area (Å²) in [6, 6.07) is 16.6. The van der Waals surface area contributed by atoms with Gasteiger partial charge in [0.2, 0.25) is 0 Å². The molecule has 0 bridgehead atoms. The summed E-state index contributed by atoms with van der Waals surface area (Å²) in [6.45, 7) is 0.0444. The molecule has 23 heavy (non-hydrogen) atoms. The zero-order valence-electron chi connectivity index (χ0n) is 12.2. The van der Waals surface area contributed by atoms with Crippen LogP contribution < -0.4 is 4.74 Å². The molecule has 0 unspecified atom stereocenters. The van der Waals surface area contributed by atoms with Crippen molar-refractivity contribution in [1.82, 2.24) is 4.98 Å². The van der Waals surface area contributed by atoms with Crippen molar-refractivity contribution < 1.29 is 14.3 Å². The molecule has 0 aliphatic heterocycles. The highest BCUT2D eigenvalue weighted by molar-refractivity contribution is 6.35. The van der Waals surface area contributed by atoms with Gasteiger partial charge < -0.3 is 9.47 Å². The lowest BCUT2D eigenvalue weighted by Gasteiger charge is -2.09. The van der Waals surface area contributed by atoms with Gasteiger partial charge in [0.15, 0.2) is 6.61 Å². The average molecular weight is 328 g/mol. The minimum absolute atomic E-state index is 0.180. The zero-order chi connectivity index (χ0) is 16.1. The SMILES string of the molecule is O=C(COc1ccc(Cl)c2cccnc12)OCc1ccccc1. The number of benzene rings is 2. The van der Waals surface area contributed by atoms with Gasteiger partial charge in [0.05, 0.1) is 5.02 Å². The summed E-state index contributed by atoms with van der Waals surface area (Å²) in [5.41, 5.74) is 1.55. The van der Waals surface area contributed by atoms with Gasteiger partial charge in [-0.2, -0.15) is 0 Å². The Morgan fingerprint density at radius 1 is 1.04 bits per heavy atom. The number of nitrogens with zero attached hydrogens (tertiary/aromatic N) is 1. The fourth-order valence-corrected chi connectivity index (χ4v) is 2.36. The molecule has 116 valence electrons. The van der Waals surface area contributed by atoms with E-state index >= 15 is 0 Å². The standard InChI is InChI=1S/C18H14ClNO3/c19-15-8-9-16(18-14(15)7-4-10-20-18)22-12-17(21)23-11-13-5-2-1-3-6-13/h1-10H,11-12H2. The summed E-state index contributed by atoms with van der Waals surface area (Å²) in [7, 11) is 0. The van der Waals surface area contributed by atoms with Crippen molar-refractivity contribution in [3.8, 4) is 5.75 Å². The van der Waals surface area contributed by atoms with E-state index in [-0.39, 0.29) is 13.2 Å². The number of pyridine rings is 1. The Kier molecular flexibility index (Phi) is 4.74. The third kappa shape index (κ3) is 3.79. The number of fused-ring (bicyclic) bond motifs is 1. The zero-order valence-corrected chi connectivity index (χ0v) is 13.0. The van der Waals surface area contributed by atoms with Crippen molar-refractivity contribution in [2.24, 2.45) is 0 Å². The van der Waals surface area contributed by atoms with E-state index in [9.17, 15) is 4.79 Å². The van der Waals surface area contributed by atoms with E-state index in [4.69, 9.17) is 21.1 Å². The Labute approximate surface area is 138 Å². The van der Waals surface area contributed by atoms with Crippen LogP contribution in [0.5, 0.6) is 5.75 Å². The first-order valence-electron chi connectivity index (χ1n) is 7.09. The van der Waals surface area contributed by atoms with E-state index in [0.717, 1.165) is 10.9 Å². The monoisotopic (exact) mass is 327 g/mol. The lowest BCUT2D eigenvalue weighted by molar-refractivity contribution is -0.147. The Bertz CT molecular complexity index is 821. The molecule has 0 spiro atoms. The number of hydrogen-bond donors (Lipinski definition) is 0. The van der Waals surface area contributed by atoms with E-state index in [2.05, 4.69) is 4.98 Å². The summed E-state index contributed by atoms with van der Waals surface area (Å²) >= 11 is 6.12. The van der Waals surface area contributed by atoms with Crippen LogP contribution in [0.15, 0.2) is 60.8 Å². The minimum atomic E-state index is -0.437. The first-order chi connectivity index (χ1) is 11.2. The number of ether oxygens (including phenoxy) is 2. The van der Waals surface area contributed by atoms with Crippen molar-refractivity contribution in [1.29, 1.82) is 0 Å². The molecule has 0 radical (unpaired) electrons. The normalized spacial score (nSPS) is 10.5. The number of carbonyl (C=O) groups is 1. The quantitative estimate of drug-likeness (QED) is 0.664. The molecule has 4 nitrogen and oxygen atoms in total. The number of esters is 1. The third-order valence-electron chi connectivity index (χ3n) is 3.27. The topological polar surface area (TPSA) is 48.4 Å². The van der Waals surface area contributed by atoms with E-state index < -0.39 is 5.97 Å². The van der Waals surface area contributed by atoms with Gasteiger partial charge in [0, 0.05) is 11.6 Å². The molecule has 2 aromatic carbocycles. The summed E-state index contributed by atoms with van der Waals surface area (Å²) in [5.74, 6) is 0.0644. The molecular weight excluding hydrogens is 314 g/mol. The fraction of sp³-hybridized carbons (Fsp3) is 0.111. The summed E-state index contributed by atoms with van der Waals surface area (Å²) in [5, 5.41) is 1.37. The second kappa shape index (κ2) is 7.11. The lowest BCUT2D eigenvalue weighted by Crippen LogP contribution is -2.15. The maximum absolute atomic E-state index is 11.8. The number of hydrogen-bond acceptors (Lipinski definition) is 4. The van der Waals surface area contributed by atoms with Crippen molar-refractivity contribution in [3.63, 3.8) is 0 Å². The Balaban J connectivity index is 1.62. The van der Waals surface area contributed by atoms with Gasteiger partial charge in [-0.3, -0.25) is 4.98 Å². The molecule has 1 aromatic heterocycles. The van der Waals surface area contributed by atoms with Crippen molar-refractivity contribution in [3.05, 3.63) is 71.4 Å². The average Bonchev–Trinajstić information content (AvgIpc) is 2.60. The molecular formula is C18H14ClNO3. The maximum atomic E-state index is 11.8. The highest BCUT2D eigenvalue weighted by Crippen LogP contribution is 2.29. The molecule has 5 heteroatoms. The lowest BCUT2D eigenvalue weighted by atomic mass is 10.2. The molecule has 0 aliphatic carbocycles. The predicted octanol–water partition coefficient (Wildman–Crippen LogP) is 4.01. The van der Waals surface area contributed by atoms with Crippen LogP contribution in [0.3, 0.4) is 0 Å². The van der Waals surface area contributed by atoms with E-state index in [1.165, 1.54) is 0 Å². The second-order valence-corrected chi connectivity index (χ2v) is 5.29. The van der Waals surface area contributed by atoms with Gasteiger partial charge in [0.1, 0.15) is 17.9 Å². The van der Waals surface area contributed by atoms with E-state index in [1.54, 1.807) is 24.4 Å². The molecule has 0 fully saturated rings. The molecule has 0 amide bonds. The van der Waals surface area contributed by atoms with Crippen molar-refractivity contribution >= 4 is 28.5 Å². The van der Waals surface area contributed by atoms with Gasteiger partial charge in [-0.1, -0.05) is 41.9 Å². The Morgan fingerprint density at radius 2 is 1.87 bits per heavy atom. The number of rotatable bonds is 5. The van der Waals surface area contributed by atoms with Crippen LogP contribution >= 0.6 is 11.6 Å². The van der Waals surface area contributed by atoms with Gasteiger partial charge in [-0.25, -0.2) is 4.79 Å². The Hall–Kier alpha value is -2.59. The number of carbonyl (C=O) groups excluding carboxylic acids is 1. The largest absolute Gasteiger partial charge is 0.480 e. The van der Waals surface area contributed by atoms with Gasteiger partial charge >= 0.3 is 5.97 Å². The van der Waals surface area contributed by atoms with Crippen LogP contribution in [0.1, 0.15) is 5.56 Å². The van der Waals surface area contributed by atoms with Gasteiger partial charge in [0.25, 0.3) is 0 Å². The van der Waals surface area contributed by atoms with Crippen molar-refractivity contribution in [2.45, 2.75) is 6.61 Å². The van der Waals surface area contributed by atoms with E-state index in [0.29, 0.717) is 16.3 Å². The Morgan fingerprint density at radius 3 is 2.70 bits per heavy atom. The number of halogens is 1. The van der Waals surface area contributed by atoms with Gasteiger partial charge in [-0.05, 0) is 29.8 Å².